The van der Waals surface area contributed by atoms with E-state index >= 15 is 0 Å². The van der Waals surface area contributed by atoms with Gasteiger partial charge in [-0.2, -0.15) is 0 Å². The molecule has 2 amide bonds. The first-order valence-electron chi connectivity index (χ1n) is 9.03. The van der Waals surface area contributed by atoms with E-state index in [-0.39, 0.29) is 24.2 Å². The maximum atomic E-state index is 12.9. The smallest absolute Gasteiger partial charge is 0.303 e. The van der Waals surface area contributed by atoms with Gasteiger partial charge in [0.25, 0.3) is 0 Å². The SMILES string of the molecule is O=C(O)CC[C@H]1CCCN(C(=O)[C@H]2CCN(c3ccc(Cl)cc3)C2=O)C1. The van der Waals surface area contributed by atoms with E-state index in [1.54, 1.807) is 34.1 Å². The van der Waals surface area contributed by atoms with Gasteiger partial charge in [0.1, 0.15) is 5.92 Å². The van der Waals surface area contributed by atoms with Crippen molar-refractivity contribution in [3.05, 3.63) is 29.3 Å². The highest BCUT2D eigenvalue weighted by Gasteiger charge is 2.40. The molecule has 0 saturated carbocycles. The van der Waals surface area contributed by atoms with Crippen molar-refractivity contribution < 1.29 is 19.5 Å². The number of amides is 2. The number of anilines is 1. The van der Waals surface area contributed by atoms with Gasteiger partial charge in [0.15, 0.2) is 0 Å². The standard InChI is InChI=1S/C19H23ClN2O4/c20-14-4-6-15(7-5-14)22-11-9-16(19(22)26)18(25)21-10-1-2-13(12-21)3-8-17(23)24/h4-7,13,16H,1-3,8-12H2,(H,23,24)/t13-,16-/m1/s1. The highest BCUT2D eigenvalue weighted by Crippen LogP contribution is 2.29. The molecule has 2 heterocycles. The summed E-state index contributed by atoms with van der Waals surface area (Å²) < 4.78 is 0. The van der Waals surface area contributed by atoms with Gasteiger partial charge in [0, 0.05) is 36.8 Å². The molecule has 2 atom stereocenters. The molecular formula is C19H23ClN2O4. The maximum Gasteiger partial charge on any atom is 0.303 e. The lowest BCUT2D eigenvalue weighted by molar-refractivity contribution is -0.141. The number of carboxylic acid groups (broad SMARTS) is 1. The number of halogens is 1. The molecular weight excluding hydrogens is 356 g/mol. The van der Waals surface area contributed by atoms with Gasteiger partial charge in [-0.3, -0.25) is 14.4 Å². The summed E-state index contributed by atoms with van der Waals surface area (Å²) in [7, 11) is 0. The van der Waals surface area contributed by atoms with Crippen molar-refractivity contribution in [2.24, 2.45) is 11.8 Å². The van der Waals surface area contributed by atoms with Gasteiger partial charge in [-0.15, -0.1) is 0 Å². The third kappa shape index (κ3) is 4.18. The molecule has 2 fully saturated rings. The van der Waals surface area contributed by atoms with Crippen LogP contribution in [0.2, 0.25) is 5.02 Å². The Bertz CT molecular complexity index is 691. The molecule has 1 aromatic carbocycles. The number of hydrogen-bond donors (Lipinski definition) is 1. The van der Waals surface area contributed by atoms with Gasteiger partial charge >= 0.3 is 5.97 Å². The molecule has 0 bridgehead atoms. The van der Waals surface area contributed by atoms with E-state index in [1.165, 1.54) is 0 Å². The molecule has 7 heteroatoms. The summed E-state index contributed by atoms with van der Waals surface area (Å²) in [6.07, 6.45) is 3.01. The molecule has 0 aliphatic carbocycles. The van der Waals surface area contributed by atoms with Gasteiger partial charge in [0.05, 0.1) is 0 Å². The van der Waals surface area contributed by atoms with Crippen molar-refractivity contribution >= 4 is 35.1 Å². The number of piperidine rings is 1. The van der Waals surface area contributed by atoms with Crippen LogP contribution in [0.4, 0.5) is 5.69 Å². The van der Waals surface area contributed by atoms with Crippen LogP contribution < -0.4 is 4.90 Å². The predicted molar refractivity (Wildman–Crippen MR) is 98.1 cm³/mol. The Balaban J connectivity index is 1.62. The topological polar surface area (TPSA) is 77.9 Å². The summed E-state index contributed by atoms with van der Waals surface area (Å²) in [6.45, 7) is 1.72. The largest absolute Gasteiger partial charge is 0.481 e. The first kappa shape index (κ1) is 18.7. The van der Waals surface area contributed by atoms with Crippen LogP contribution in [0.5, 0.6) is 0 Å². The number of carboxylic acids is 1. The lowest BCUT2D eigenvalue weighted by Crippen LogP contribution is -2.45. The van der Waals surface area contributed by atoms with Gasteiger partial charge in [0.2, 0.25) is 11.8 Å². The van der Waals surface area contributed by atoms with Crippen LogP contribution >= 0.6 is 11.6 Å². The van der Waals surface area contributed by atoms with Crippen molar-refractivity contribution in [2.45, 2.75) is 32.1 Å². The van der Waals surface area contributed by atoms with E-state index in [0.29, 0.717) is 37.5 Å². The molecule has 0 radical (unpaired) electrons. The van der Waals surface area contributed by atoms with Gasteiger partial charge in [-0.1, -0.05) is 11.6 Å². The monoisotopic (exact) mass is 378 g/mol. The normalized spacial score (nSPS) is 23.3. The lowest BCUT2D eigenvalue weighted by atomic mass is 9.92. The molecule has 0 aromatic heterocycles. The molecule has 2 aliphatic rings. The maximum absolute atomic E-state index is 12.9. The fraction of sp³-hybridized carbons (Fsp3) is 0.526. The van der Waals surface area contributed by atoms with Crippen molar-refractivity contribution in [1.82, 2.24) is 4.90 Å². The number of benzene rings is 1. The Labute approximate surface area is 157 Å². The minimum absolute atomic E-state index is 0.119. The molecule has 140 valence electrons. The minimum atomic E-state index is -0.807. The van der Waals surface area contributed by atoms with Crippen LogP contribution in [0.1, 0.15) is 32.1 Å². The summed E-state index contributed by atoms with van der Waals surface area (Å²) in [5.74, 6) is -1.52. The fourth-order valence-corrected chi connectivity index (χ4v) is 3.96. The van der Waals surface area contributed by atoms with Crippen molar-refractivity contribution in [1.29, 1.82) is 0 Å². The number of hydrogen-bond acceptors (Lipinski definition) is 3. The highest BCUT2D eigenvalue weighted by atomic mass is 35.5. The molecule has 2 aliphatic heterocycles. The first-order chi connectivity index (χ1) is 12.5. The summed E-state index contributed by atoms with van der Waals surface area (Å²) in [5.41, 5.74) is 0.757. The fourth-order valence-electron chi connectivity index (χ4n) is 3.84. The van der Waals surface area contributed by atoms with Crippen molar-refractivity contribution in [2.75, 3.05) is 24.5 Å². The minimum Gasteiger partial charge on any atom is -0.481 e. The molecule has 1 aromatic rings. The van der Waals surface area contributed by atoms with Crippen LogP contribution in [0, 0.1) is 11.8 Å². The Morgan fingerprint density at radius 1 is 1.15 bits per heavy atom. The van der Waals surface area contributed by atoms with Gasteiger partial charge in [-0.25, -0.2) is 0 Å². The second-order valence-corrected chi connectivity index (χ2v) is 7.47. The number of aliphatic carboxylic acids is 1. The number of carbonyl (C=O) groups excluding carboxylic acids is 2. The number of likely N-dealkylation sites (tertiary alicyclic amines) is 1. The van der Waals surface area contributed by atoms with E-state index in [2.05, 4.69) is 0 Å². The molecule has 6 nitrogen and oxygen atoms in total. The molecule has 1 N–H and O–H groups in total. The molecule has 2 saturated heterocycles. The Morgan fingerprint density at radius 2 is 1.88 bits per heavy atom. The van der Waals surface area contributed by atoms with Crippen LogP contribution in [-0.2, 0) is 14.4 Å². The van der Waals surface area contributed by atoms with Crippen LogP contribution in [0.15, 0.2) is 24.3 Å². The Hall–Kier alpha value is -2.08. The lowest BCUT2D eigenvalue weighted by Gasteiger charge is -2.34. The van der Waals surface area contributed by atoms with E-state index in [4.69, 9.17) is 16.7 Å². The molecule has 0 spiro atoms. The summed E-state index contributed by atoms with van der Waals surface area (Å²) in [6, 6.07) is 7.04. The third-order valence-corrected chi connectivity index (χ3v) is 5.49. The predicted octanol–water partition coefficient (Wildman–Crippen LogP) is 2.80. The van der Waals surface area contributed by atoms with Crippen LogP contribution in [-0.4, -0.2) is 47.4 Å². The highest BCUT2D eigenvalue weighted by molar-refractivity contribution is 6.30. The zero-order valence-electron chi connectivity index (χ0n) is 14.6. The summed E-state index contributed by atoms with van der Waals surface area (Å²) >= 11 is 5.89. The van der Waals surface area contributed by atoms with E-state index in [9.17, 15) is 14.4 Å². The van der Waals surface area contributed by atoms with Gasteiger partial charge < -0.3 is 14.9 Å². The van der Waals surface area contributed by atoms with E-state index < -0.39 is 11.9 Å². The van der Waals surface area contributed by atoms with Crippen LogP contribution in [0.3, 0.4) is 0 Å². The molecule has 3 rings (SSSR count). The first-order valence-corrected chi connectivity index (χ1v) is 9.41. The summed E-state index contributed by atoms with van der Waals surface area (Å²) in [5, 5.41) is 9.45. The average molecular weight is 379 g/mol. The second-order valence-electron chi connectivity index (χ2n) is 7.03. The van der Waals surface area contributed by atoms with Gasteiger partial charge in [-0.05, 0) is 55.9 Å². The van der Waals surface area contributed by atoms with Crippen molar-refractivity contribution in [3.63, 3.8) is 0 Å². The number of nitrogens with zero attached hydrogens (tertiary/aromatic N) is 2. The summed E-state index contributed by atoms with van der Waals surface area (Å²) in [4.78, 5) is 39.8. The molecule has 26 heavy (non-hydrogen) atoms. The zero-order valence-corrected chi connectivity index (χ0v) is 15.3. The third-order valence-electron chi connectivity index (χ3n) is 5.24. The molecule has 0 unspecified atom stereocenters. The second kappa shape index (κ2) is 8.08. The number of rotatable bonds is 5. The van der Waals surface area contributed by atoms with Crippen molar-refractivity contribution in [3.8, 4) is 0 Å². The number of carbonyl (C=O) groups is 3. The zero-order chi connectivity index (χ0) is 18.7. The Kier molecular flexibility index (Phi) is 5.81. The quantitative estimate of drug-likeness (QED) is 0.799. The Morgan fingerprint density at radius 3 is 2.58 bits per heavy atom. The van der Waals surface area contributed by atoms with E-state index in [0.717, 1.165) is 18.5 Å². The average Bonchev–Trinajstić information content (AvgIpc) is 3.02. The van der Waals surface area contributed by atoms with E-state index in [1.807, 2.05) is 0 Å². The van der Waals surface area contributed by atoms with Crippen LogP contribution in [0.25, 0.3) is 0 Å².